The Morgan fingerprint density at radius 2 is 2.00 bits per heavy atom. The van der Waals surface area contributed by atoms with Gasteiger partial charge in [-0.15, -0.1) is 20.4 Å². The van der Waals surface area contributed by atoms with Crippen molar-refractivity contribution in [3.63, 3.8) is 0 Å². The van der Waals surface area contributed by atoms with Crippen LogP contribution in [0.25, 0.3) is 0 Å². The van der Waals surface area contributed by atoms with Crippen molar-refractivity contribution in [2.45, 2.75) is 13.5 Å². The Balaban J connectivity index is 2.06. The minimum absolute atomic E-state index is 0.715. The van der Waals surface area contributed by atoms with Crippen molar-refractivity contribution in [2.75, 3.05) is 11.9 Å². The van der Waals surface area contributed by atoms with Crippen LogP contribution < -0.4 is 4.90 Å². The second-order valence-corrected chi connectivity index (χ2v) is 6.41. The van der Waals surface area contributed by atoms with E-state index in [9.17, 15) is 0 Å². The van der Waals surface area contributed by atoms with Crippen molar-refractivity contribution in [3.05, 3.63) is 13.9 Å². The number of halogens is 1. The molecule has 0 spiro atoms. The lowest BCUT2D eigenvalue weighted by molar-refractivity contribution is 0.858. The van der Waals surface area contributed by atoms with Gasteiger partial charge < -0.3 is 4.90 Å². The molecule has 0 aromatic carbocycles. The molecule has 0 atom stereocenters. The van der Waals surface area contributed by atoms with Gasteiger partial charge in [0.25, 0.3) is 0 Å². The minimum atomic E-state index is 0.715. The van der Waals surface area contributed by atoms with E-state index in [1.54, 1.807) is 11.3 Å². The minimum Gasteiger partial charge on any atom is -0.343 e. The van der Waals surface area contributed by atoms with Crippen LogP contribution in [0, 0.1) is 6.92 Å². The average Bonchev–Trinajstić information content (AvgIpc) is 2.75. The van der Waals surface area contributed by atoms with Crippen LogP contribution in [0.2, 0.25) is 0 Å². The van der Waals surface area contributed by atoms with E-state index < -0.39 is 0 Å². The van der Waals surface area contributed by atoms with Gasteiger partial charge >= 0.3 is 0 Å². The molecule has 8 heteroatoms. The van der Waals surface area contributed by atoms with Crippen molar-refractivity contribution in [1.82, 2.24) is 20.4 Å². The molecule has 15 heavy (non-hydrogen) atoms. The summed E-state index contributed by atoms with van der Waals surface area (Å²) < 4.78 is 0.790. The summed E-state index contributed by atoms with van der Waals surface area (Å²) >= 11 is 6.38. The zero-order chi connectivity index (χ0) is 10.8. The summed E-state index contributed by atoms with van der Waals surface area (Å²) in [7, 11) is 1.96. The van der Waals surface area contributed by atoms with E-state index in [1.165, 1.54) is 11.3 Å². The maximum absolute atomic E-state index is 4.06. The van der Waals surface area contributed by atoms with Gasteiger partial charge in [-0.2, -0.15) is 0 Å². The summed E-state index contributed by atoms with van der Waals surface area (Å²) in [5.74, 6) is 0. The van der Waals surface area contributed by atoms with E-state index in [-0.39, 0.29) is 0 Å². The van der Waals surface area contributed by atoms with E-state index >= 15 is 0 Å². The molecule has 0 radical (unpaired) electrons. The van der Waals surface area contributed by atoms with Gasteiger partial charge in [0.1, 0.15) is 10.0 Å². The molecule has 0 bridgehead atoms. The predicted octanol–water partition coefficient (Wildman–Crippen LogP) is 2.10. The molecular formula is C7H8BrN5S2. The third-order valence-electron chi connectivity index (χ3n) is 1.66. The molecule has 0 aliphatic heterocycles. The highest BCUT2D eigenvalue weighted by Crippen LogP contribution is 2.24. The van der Waals surface area contributed by atoms with Gasteiger partial charge in [0.15, 0.2) is 3.92 Å². The van der Waals surface area contributed by atoms with E-state index in [1.807, 2.05) is 18.9 Å². The molecule has 0 unspecified atom stereocenters. The average molecular weight is 306 g/mol. The number of nitrogens with zero attached hydrogens (tertiary/aromatic N) is 5. The zero-order valence-electron chi connectivity index (χ0n) is 8.14. The van der Waals surface area contributed by atoms with Gasteiger partial charge in [-0.25, -0.2) is 0 Å². The van der Waals surface area contributed by atoms with Gasteiger partial charge in [-0.1, -0.05) is 22.7 Å². The summed E-state index contributed by atoms with van der Waals surface area (Å²) in [5, 5.41) is 18.8. The van der Waals surface area contributed by atoms with Crippen LogP contribution in [-0.4, -0.2) is 27.4 Å². The van der Waals surface area contributed by atoms with Crippen LogP contribution in [0.1, 0.15) is 10.0 Å². The van der Waals surface area contributed by atoms with E-state index in [0.29, 0.717) is 6.54 Å². The predicted molar refractivity (Wildman–Crippen MR) is 64.4 cm³/mol. The Kier molecular flexibility index (Phi) is 3.27. The van der Waals surface area contributed by atoms with Crippen LogP contribution in [-0.2, 0) is 6.54 Å². The van der Waals surface area contributed by atoms with E-state index in [2.05, 4.69) is 36.3 Å². The number of hydrogen-bond acceptors (Lipinski definition) is 7. The number of aromatic nitrogens is 4. The monoisotopic (exact) mass is 305 g/mol. The Hall–Kier alpha value is -0.600. The first-order valence-corrected chi connectivity index (χ1v) is 6.57. The van der Waals surface area contributed by atoms with Gasteiger partial charge in [-0.3, -0.25) is 0 Å². The highest BCUT2D eigenvalue weighted by atomic mass is 79.9. The second kappa shape index (κ2) is 4.50. The molecule has 2 aromatic heterocycles. The molecule has 2 aromatic rings. The fourth-order valence-corrected chi connectivity index (χ4v) is 2.83. The molecule has 0 saturated carbocycles. The molecule has 2 heterocycles. The molecule has 80 valence electrons. The van der Waals surface area contributed by atoms with Gasteiger partial charge in [0.05, 0.1) is 6.54 Å². The summed E-state index contributed by atoms with van der Waals surface area (Å²) in [4.78, 5) is 2.00. The molecule has 0 amide bonds. The summed E-state index contributed by atoms with van der Waals surface area (Å²) in [6.07, 6.45) is 0. The van der Waals surface area contributed by atoms with Crippen LogP contribution in [0.15, 0.2) is 3.92 Å². The Labute approximate surface area is 103 Å². The third kappa shape index (κ3) is 2.70. The molecule has 5 nitrogen and oxygen atoms in total. The quantitative estimate of drug-likeness (QED) is 0.869. The summed E-state index contributed by atoms with van der Waals surface area (Å²) in [6, 6.07) is 0. The lowest BCUT2D eigenvalue weighted by Gasteiger charge is -2.11. The Morgan fingerprint density at radius 3 is 2.53 bits per heavy atom. The molecular weight excluding hydrogens is 298 g/mol. The number of anilines is 1. The lowest BCUT2D eigenvalue weighted by Crippen LogP contribution is -2.15. The van der Waals surface area contributed by atoms with Gasteiger partial charge in [0.2, 0.25) is 5.13 Å². The SMILES string of the molecule is Cc1nnc(CN(C)c2nnc(Br)s2)s1. The first kappa shape index (κ1) is 10.9. The number of rotatable bonds is 3. The maximum atomic E-state index is 4.06. The fourth-order valence-electron chi connectivity index (χ4n) is 1.02. The van der Waals surface area contributed by atoms with Crippen LogP contribution >= 0.6 is 38.6 Å². The van der Waals surface area contributed by atoms with E-state index in [4.69, 9.17) is 0 Å². The van der Waals surface area contributed by atoms with Crippen LogP contribution in [0.5, 0.6) is 0 Å². The second-order valence-electron chi connectivity index (χ2n) is 2.91. The molecule has 0 aliphatic rings. The van der Waals surface area contributed by atoms with Crippen molar-refractivity contribution in [2.24, 2.45) is 0 Å². The highest BCUT2D eigenvalue weighted by Gasteiger charge is 2.10. The van der Waals surface area contributed by atoms with E-state index in [0.717, 1.165) is 19.1 Å². The largest absolute Gasteiger partial charge is 0.343 e. The number of hydrogen-bond donors (Lipinski definition) is 0. The molecule has 2 rings (SSSR count). The summed E-state index contributed by atoms with van der Waals surface area (Å²) in [5.41, 5.74) is 0. The molecule has 0 fully saturated rings. The standard InChI is InChI=1S/C7H8BrN5S2/c1-4-9-10-5(14-4)3-13(2)7-12-11-6(8)15-7/h3H2,1-2H3. The Bertz CT molecular complexity index is 454. The summed E-state index contributed by atoms with van der Waals surface area (Å²) in [6.45, 7) is 2.66. The normalized spacial score (nSPS) is 10.6. The smallest absolute Gasteiger partial charge is 0.209 e. The van der Waals surface area contributed by atoms with Gasteiger partial charge in [0, 0.05) is 7.05 Å². The fraction of sp³-hybridized carbons (Fsp3) is 0.429. The first-order chi connectivity index (χ1) is 7.15. The third-order valence-corrected chi connectivity index (χ3v) is 3.95. The molecule has 0 N–H and O–H groups in total. The van der Waals surface area contributed by atoms with Crippen LogP contribution in [0.4, 0.5) is 5.13 Å². The van der Waals surface area contributed by atoms with Gasteiger partial charge in [-0.05, 0) is 22.9 Å². The first-order valence-electron chi connectivity index (χ1n) is 4.14. The van der Waals surface area contributed by atoms with Crippen molar-refractivity contribution in [3.8, 4) is 0 Å². The number of aryl methyl sites for hydroxylation is 1. The maximum Gasteiger partial charge on any atom is 0.209 e. The van der Waals surface area contributed by atoms with Crippen molar-refractivity contribution >= 4 is 43.7 Å². The Morgan fingerprint density at radius 1 is 1.20 bits per heavy atom. The molecule has 0 aliphatic carbocycles. The molecule has 0 saturated heterocycles. The van der Waals surface area contributed by atoms with Crippen molar-refractivity contribution < 1.29 is 0 Å². The van der Waals surface area contributed by atoms with Crippen molar-refractivity contribution in [1.29, 1.82) is 0 Å². The van der Waals surface area contributed by atoms with Crippen LogP contribution in [0.3, 0.4) is 0 Å². The zero-order valence-corrected chi connectivity index (χ0v) is 11.4. The lowest BCUT2D eigenvalue weighted by atomic mass is 10.6. The highest BCUT2D eigenvalue weighted by molar-refractivity contribution is 9.11. The topological polar surface area (TPSA) is 54.8 Å².